The van der Waals surface area contributed by atoms with E-state index in [1.165, 1.54) is 43.4 Å². The van der Waals surface area contributed by atoms with Crippen LogP contribution in [0.5, 0.6) is 0 Å². The van der Waals surface area contributed by atoms with Crippen molar-refractivity contribution in [1.82, 2.24) is 19.6 Å². The first-order valence-corrected chi connectivity index (χ1v) is 20.3. The third-order valence-electron chi connectivity index (χ3n) is 7.12. The Morgan fingerprint density at radius 2 is 0.955 bits per heavy atom. The van der Waals surface area contributed by atoms with E-state index in [0.29, 0.717) is 0 Å². The number of benzene rings is 4. The minimum atomic E-state index is 0. The van der Waals surface area contributed by atoms with Gasteiger partial charge in [0.05, 0.1) is 23.4 Å². The zero-order chi connectivity index (χ0) is 29.2. The van der Waals surface area contributed by atoms with Crippen molar-refractivity contribution in [3.05, 3.63) is 133 Å². The summed E-state index contributed by atoms with van der Waals surface area (Å²) in [5.74, 6) is 0. The Morgan fingerprint density at radius 3 is 1.36 bits per heavy atom. The summed E-state index contributed by atoms with van der Waals surface area (Å²) < 4.78 is 3.99. The number of para-hydroxylation sites is 2. The van der Waals surface area contributed by atoms with Crippen LogP contribution in [0.2, 0.25) is 13.1 Å². The van der Waals surface area contributed by atoms with Crippen LogP contribution in [-0.2, 0) is 23.3 Å². The smallest absolute Gasteiger partial charge is 0.0731 e. The second kappa shape index (κ2) is 14.7. The number of aromatic nitrogens is 4. The molecular formula is C36H32Cl2N4SiZr-2. The number of hydrogen-bond donors (Lipinski definition) is 0. The molecule has 0 N–H and O–H groups in total. The summed E-state index contributed by atoms with van der Waals surface area (Å²) in [4.78, 5) is 0. The third-order valence-corrected chi connectivity index (χ3v) is 7.12. The molecule has 0 aliphatic rings. The summed E-state index contributed by atoms with van der Waals surface area (Å²) >= 11 is 1.74. The summed E-state index contributed by atoms with van der Waals surface area (Å²) in [5.41, 5.74) is 7.33. The Kier molecular flexibility index (Phi) is 11.2. The van der Waals surface area contributed by atoms with Gasteiger partial charge < -0.3 is 24.8 Å². The van der Waals surface area contributed by atoms with E-state index in [4.69, 9.17) is 0 Å². The summed E-state index contributed by atoms with van der Waals surface area (Å²) in [5, 5.41) is 16.5. The summed E-state index contributed by atoms with van der Waals surface area (Å²) in [6.45, 7) is 8.87. The first-order chi connectivity index (χ1) is 20.4. The Balaban J connectivity index is 0.000000172. The van der Waals surface area contributed by atoms with Gasteiger partial charge in [0.1, 0.15) is 0 Å². The van der Waals surface area contributed by atoms with E-state index in [1.54, 1.807) is 23.3 Å². The SMILES string of the molecule is C[Si](C)=[Zr+2].Cc1cc2ccc(-n3ncc4ccccc43)cc2[cH-]1.Cc1cc2ccc(-n3ncc4ccccc43)cc2[cH-]1.[Cl-].[Cl-]. The fraction of sp³-hybridized carbons (Fsp3) is 0.111. The molecule has 0 atom stereocenters. The van der Waals surface area contributed by atoms with Gasteiger partial charge in [-0.05, 0) is 12.1 Å². The van der Waals surface area contributed by atoms with E-state index in [2.05, 4.69) is 122 Å². The van der Waals surface area contributed by atoms with Gasteiger partial charge in [-0.3, -0.25) is 0 Å². The Morgan fingerprint density at radius 1 is 0.568 bits per heavy atom. The molecule has 0 fully saturated rings. The van der Waals surface area contributed by atoms with Gasteiger partial charge in [0.2, 0.25) is 0 Å². The van der Waals surface area contributed by atoms with Gasteiger partial charge in [-0.15, -0.1) is 69.1 Å². The van der Waals surface area contributed by atoms with E-state index < -0.39 is 0 Å². The molecule has 8 rings (SSSR count). The predicted molar refractivity (Wildman–Crippen MR) is 175 cm³/mol. The molecule has 44 heavy (non-hydrogen) atoms. The molecule has 6 aromatic carbocycles. The fourth-order valence-electron chi connectivity index (χ4n) is 5.32. The molecule has 220 valence electrons. The topological polar surface area (TPSA) is 35.6 Å². The maximum Gasteiger partial charge on any atom is 0.0731 e. The molecule has 0 bridgehead atoms. The molecule has 0 spiro atoms. The quantitative estimate of drug-likeness (QED) is 0.204. The first-order valence-electron chi connectivity index (χ1n) is 14.1. The van der Waals surface area contributed by atoms with E-state index in [9.17, 15) is 0 Å². The number of halogens is 2. The molecule has 2 heterocycles. The van der Waals surface area contributed by atoms with Crippen LogP contribution in [-0.4, -0.2) is 25.0 Å². The molecule has 0 saturated carbocycles. The predicted octanol–water partition coefficient (Wildman–Crippen LogP) is 3.20. The second-order valence-corrected chi connectivity index (χ2v) is 20.3. The second-order valence-electron chi connectivity index (χ2n) is 10.9. The van der Waals surface area contributed by atoms with Gasteiger partial charge in [-0.2, -0.15) is 22.3 Å². The average molecular weight is 711 g/mol. The van der Waals surface area contributed by atoms with E-state index in [0.717, 1.165) is 22.4 Å². The van der Waals surface area contributed by atoms with Crippen molar-refractivity contribution in [3.8, 4) is 11.4 Å². The number of rotatable bonds is 2. The third kappa shape index (κ3) is 7.33. The van der Waals surface area contributed by atoms with Gasteiger partial charge in [0.15, 0.2) is 0 Å². The number of hydrogen-bond acceptors (Lipinski definition) is 2. The Bertz CT molecular complexity index is 2030. The van der Waals surface area contributed by atoms with Gasteiger partial charge in [0, 0.05) is 22.1 Å². The van der Waals surface area contributed by atoms with Crippen molar-refractivity contribution in [3.63, 3.8) is 0 Å². The zero-order valence-electron chi connectivity index (χ0n) is 25.1. The Hall–Kier alpha value is -3.28. The van der Waals surface area contributed by atoms with Crippen LogP contribution in [0.4, 0.5) is 0 Å². The maximum absolute atomic E-state index is 4.50. The summed E-state index contributed by atoms with van der Waals surface area (Å²) in [7, 11) is 0. The van der Waals surface area contributed by atoms with Crippen molar-refractivity contribution in [1.29, 1.82) is 0 Å². The number of fused-ring (bicyclic) bond motifs is 4. The van der Waals surface area contributed by atoms with Crippen LogP contribution < -0.4 is 24.8 Å². The van der Waals surface area contributed by atoms with Crippen LogP contribution in [0, 0.1) is 13.8 Å². The maximum atomic E-state index is 4.50. The van der Waals surface area contributed by atoms with Crippen molar-refractivity contribution < 1.29 is 48.1 Å². The number of aryl methyl sites for hydroxylation is 2. The van der Waals surface area contributed by atoms with Crippen LogP contribution >= 0.6 is 0 Å². The molecule has 2 aromatic heterocycles. The molecule has 0 radical (unpaired) electrons. The molecule has 8 aromatic rings. The van der Waals surface area contributed by atoms with Gasteiger partial charge >= 0.3 is 41.9 Å². The minimum Gasteiger partial charge on any atom is -1.00 e. The van der Waals surface area contributed by atoms with Gasteiger partial charge in [-0.1, -0.05) is 62.4 Å². The van der Waals surface area contributed by atoms with E-state index in [-0.39, 0.29) is 30.2 Å². The molecule has 0 saturated heterocycles. The fourth-order valence-corrected chi connectivity index (χ4v) is 5.32. The van der Waals surface area contributed by atoms with E-state index in [1.807, 2.05) is 46.0 Å². The largest absolute Gasteiger partial charge is 1.00 e. The molecule has 0 aliphatic heterocycles. The van der Waals surface area contributed by atoms with Gasteiger partial charge in [-0.25, -0.2) is 9.36 Å². The number of nitrogens with zero attached hydrogens (tertiary/aromatic N) is 4. The first kappa shape index (κ1) is 33.6. The zero-order valence-corrected chi connectivity index (χ0v) is 30.1. The summed E-state index contributed by atoms with van der Waals surface area (Å²) in [6.07, 6.45) is 3.82. The Labute approximate surface area is 285 Å². The molecule has 0 amide bonds. The van der Waals surface area contributed by atoms with Crippen molar-refractivity contribution >= 4 is 48.8 Å². The molecule has 4 nitrogen and oxygen atoms in total. The van der Waals surface area contributed by atoms with Crippen molar-refractivity contribution in [2.45, 2.75) is 26.9 Å². The van der Waals surface area contributed by atoms with Crippen LogP contribution in [0.25, 0.3) is 54.7 Å². The van der Waals surface area contributed by atoms with Crippen LogP contribution in [0.15, 0.2) is 122 Å². The average Bonchev–Trinajstić information content (AvgIpc) is 3.75. The summed E-state index contributed by atoms with van der Waals surface area (Å²) in [6, 6.07) is 38.4. The molecular weight excluding hydrogens is 679 g/mol. The molecule has 0 unspecified atom stereocenters. The van der Waals surface area contributed by atoms with Gasteiger partial charge in [0.25, 0.3) is 0 Å². The minimum absolute atomic E-state index is 0. The monoisotopic (exact) mass is 708 g/mol. The van der Waals surface area contributed by atoms with Crippen LogP contribution in [0.3, 0.4) is 0 Å². The van der Waals surface area contributed by atoms with Crippen LogP contribution in [0.1, 0.15) is 11.1 Å². The molecule has 8 heteroatoms. The normalized spacial score (nSPS) is 10.5. The van der Waals surface area contributed by atoms with Crippen molar-refractivity contribution in [2.24, 2.45) is 0 Å². The standard InChI is InChI=1S/2C17H13N2.C2H6Si.2ClH.Zr/c2*1-12-8-13-6-7-16(10-15(13)9-12)19-17-5-3-2-4-14(17)11-18-19;1-3-2;;;/h2*2-11H,1H3;1-2H3;2*1H;/q2*-1;;;;+2/p-2. The van der Waals surface area contributed by atoms with Crippen molar-refractivity contribution in [2.75, 3.05) is 0 Å². The molecule has 0 aliphatic carbocycles. The van der Waals surface area contributed by atoms with E-state index >= 15 is 0 Å².